The van der Waals surface area contributed by atoms with Gasteiger partial charge in [-0.05, 0) is 38.0 Å². The molecule has 3 heterocycles. The van der Waals surface area contributed by atoms with E-state index in [9.17, 15) is 4.79 Å². The minimum absolute atomic E-state index is 0.0165. The van der Waals surface area contributed by atoms with E-state index in [-0.39, 0.29) is 11.9 Å². The lowest BCUT2D eigenvalue weighted by molar-refractivity contribution is -0.132. The molecule has 1 aliphatic carbocycles. The lowest BCUT2D eigenvalue weighted by Crippen LogP contribution is -2.30. The quantitative estimate of drug-likeness (QED) is 0.814. The van der Waals surface area contributed by atoms with E-state index in [0.29, 0.717) is 18.2 Å². The standard InChI is InChI=1S/C19H29N3O3/c23-17(8-7-14-4-1-2-5-14)22-11-3-6-16(22)19-20-18(21-25-19)15-9-12-24-13-10-15/h14-16H,1-13H2. The van der Waals surface area contributed by atoms with Crippen LogP contribution in [0.1, 0.15) is 87.9 Å². The summed E-state index contributed by atoms with van der Waals surface area (Å²) in [6.07, 6.45) is 10.8. The van der Waals surface area contributed by atoms with Crippen LogP contribution in [0.4, 0.5) is 0 Å². The van der Waals surface area contributed by atoms with Crippen LogP contribution in [0.25, 0.3) is 0 Å². The van der Waals surface area contributed by atoms with Gasteiger partial charge in [-0.1, -0.05) is 30.8 Å². The van der Waals surface area contributed by atoms with Gasteiger partial charge >= 0.3 is 0 Å². The number of ether oxygens (including phenoxy) is 1. The van der Waals surface area contributed by atoms with E-state index >= 15 is 0 Å². The van der Waals surface area contributed by atoms with E-state index in [1.54, 1.807) is 0 Å². The molecule has 25 heavy (non-hydrogen) atoms. The summed E-state index contributed by atoms with van der Waals surface area (Å²) in [5, 5.41) is 4.21. The Kier molecular flexibility index (Phi) is 5.34. The first-order valence-corrected chi connectivity index (χ1v) is 10.0. The smallest absolute Gasteiger partial charge is 0.249 e. The van der Waals surface area contributed by atoms with Gasteiger partial charge in [-0.25, -0.2) is 0 Å². The molecule has 0 bridgehead atoms. The number of hydrogen-bond acceptors (Lipinski definition) is 5. The first-order valence-electron chi connectivity index (χ1n) is 10.0. The van der Waals surface area contributed by atoms with Gasteiger partial charge in [0.2, 0.25) is 11.8 Å². The Balaban J connectivity index is 1.37. The van der Waals surface area contributed by atoms with Gasteiger partial charge in [-0.3, -0.25) is 4.79 Å². The van der Waals surface area contributed by atoms with E-state index in [4.69, 9.17) is 9.26 Å². The molecule has 4 rings (SSSR count). The molecule has 0 N–H and O–H groups in total. The van der Waals surface area contributed by atoms with Gasteiger partial charge in [0.05, 0.1) is 0 Å². The van der Waals surface area contributed by atoms with Gasteiger partial charge in [0, 0.05) is 32.1 Å². The molecule has 138 valence electrons. The van der Waals surface area contributed by atoms with Crippen LogP contribution >= 0.6 is 0 Å². The van der Waals surface area contributed by atoms with Crippen molar-refractivity contribution in [1.82, 2.24) is 15.0 Å². The second-order valence-electron chi connectivity index (χ2n) is 7.81. The molecule has 2 saturated heterocycles. The van der Waals surface area contributed by atoms with Gasteiger partial charge in [0.15, 0.2) is 5.82 Å². The lowest BCUT2D eigenvalue weighted by Gasteiger charge is -2.22. The highest BCUT2D eigenvalue weighted by atomic mass is 16.5. The zero-order valence-corrected chi connectivity index (χ0v) is 15.0. The van der Waals surface area contributed by atoms with Crippen LogP contribution in [0.5, 0.6) is 0 Å². The van der Waals surface area contributed by atoms with Crippen LogP contribution in [-0.4, -0.2) is 40.7 Å². The number of carbonyl (C=O) groups is 1. The van der Waals surface area contributed by atoms with Crippen molar-refractivity contribution in [2.75, 3.05) is 19.8 Å². The van der Waals surface area contributed by atoms with Crippen molar-refractivity contribution in [2.24, 2.45) is 5.92 Å². The predicted octanol–water partition coefficient (Wildman–Crippen LogP) is 3.60. The maximum atomic E-state index is 12.7. The Hall–Kier alpha value is -1.43. The zero-order valence-electron chi connectivity index (χ0n) is 15.0. The first kappa shape index (κ1) is 17.0. The Morgan fingerprint density at radius 1 is 1.08 bits per heavy atom. The van der Waals surface area contributed by atoms with Crippen LogP contribution in [0.2, 0.25) is 0 Å². The van der Waals surface area contributed by atoms with Crippen molar-refractivity contribution in [3.8, 4) is 0 Å². The maximum Gasteiger partial charge on any atom is 0.249 e. The van der Waals surface area contributed by atoms with E-state index in [1.165, 1.54) is 25.7 Å². The third kappa shape index (κ3) is 3.89. The lowest BCUT2D eigenvalue weighted by atomic mass is 10.00. The average Bonchev–Trinajstić information content (AvgIpc) is 3.41. The Morgan fingerprint density at radius 2 is 1.88 bits per heavy atom. The highest BCUT2D eigenvalue weighted by Gasteiger charge is 2.35. The molecular weight excluding hydrogens is 318 g/mol. The second-order valence-corrected chi connectivity index (χ2v) is 7.81. The molecular formula is C19H29N3O3. The largest absolute Gasteiger partial charge is 0.381 e. The number of amides is 1. The fourth-order valence-corrected chi connectivity index (χ4v) is 4.60. The molecule has 1 aromatic rings. The van der Waals surface area contributed by atoms with Gasteiger partial charge < -0.3 is 14.2 Å². The zero-order chi connectivity index (χ0) is 17.1. The highest BCUT2D eigenvalue weighted by Crippen LogP contribution is 2.34. The van der Waals surface area contributed by atoms with Crippen LogP contribution in [0.3, 0.4) is 0 Å². The molecule has 0 spiro atoms. The van der Waals surface area contributed by atoms with Gasteiger partial charge in [0.1, 0.15) is 6.04 Å². The van der Waals surface area contributed by atoms with Crippen molar-refractivity contribution in [3.05, 3.63) is 11.7 Å². The van der Waals surface area contributed by atoms with E-state index in [1.807, 2.05) is 4.90 Å². The van der Waals surface area contributed by atoms with E-state index < -0.39 is 0 Å². The van der Waals surface area contributed by atoms with Crippen molar-refractivity contribution in [1.29, 1.82) is 0 Å². The average molecular weight is 347 g/mol. The van der Waals surface area contributed by atoms with Crippen molar-refractivity contribution in [2.45, 2.75) is 76.2 Å². The normalized spacial score (nSPS) is 25.8. The van der Waals surface area contributed by atoms with Gasteiger partial charge in [-0.2, -0.15) is 4.98 Å². The number of aromatic nitrogens is 2. The molecule has 1 amide bonds. The van der Waals surface area contributed by atoms with Gasteiger partial charge in [-0.15, -0.1) is 0 Å². The van der Waals surface area contributed by atoms with Gasteiger partial charge in [0.25, 0.3) is 0 Å². The monoisotopic (exact) mass is 347 g/mol. The van der Waals surface area contributed by atoms with Crippen LogP contribution < -0.4 is 0 Å². The Labute approximate surface area is 149 Å². The SMILES string of the molecule is O=C(CCC1CCCC1)N1CCCC1c1nc(C2CCOCC2)no1. The van der Waals surface area contributed by atoms with Crippen molar-refractivity contribution < 1.29 is 14.1 Å². The third-order valence-electron chi connectivity index (χ3n) is 6.14. The Bertz CT molecular complexity index is 576. The van der Waals surface area contributed by atoms with Crippen LogP contribution in [0.15, 0.2) is 4.52 Å². The highest BCUT2D eigenvalue weighted by molar-refractivity contribution is 5.76. The molecule has 1 atom stereocenters. The summed E-state index contributed by atoms with van der Waals surface area (Å²) in [7, 11) is 0. The van der Waals surface area contributed by atoms with Crippen LogP contribution in [-0.2, 0) is 9.53 Å². The summed E-state index contributed by atoms with van der Waals surface area (Å²) >= 11 is 0. The number of hydrogen-bond donors (Lipinski definition) is 0. The Morgan fingerprint density at radius 3 is 2.68 bits per heavy atom. The fourth-order valence-electron chi connectivity index (χ4n) is 4.60. The summed E-state index contributed by atoms with van der Waals surface area (Å²) in [5.41, 5.74) is 0. The molecule has 2 aliphatic heterocycles. The second kappa shape index (κ2) is 7.85. The van der Waals surface area contributed by atoms with Crippen LogP contribution in [0, 0.1) is 5.92 Å². The van der Waals surface area contributed by atoms with Crippen molar-refractivity contribution in [3.63, 3.8) is 0 Å². The summed E-state index contributed by atoms with van der Waals surface area (Å²) < 4.78 is 11.0. The molecule has 3 fully saturated rings. The minimum Gasteiger partial charge on any atom is -0.381 e. The third-order valence-corrected chi connectivity index (χ3v) is 6.14. The summed E-state index contributed by atoms with van der Waals surface area (Å²) in [4.78, 5) is 19.4. The van der Waals surface area contributed by atoms with E-state index in [0.717, 1.165) is 63.6 Å². The molecule has 6 nitrogen and oxygen atoms in total. The minimum atomic E-state index is -0.0165. The molecule has 1 aromatic heterocycles. The van der Waals surface area contributed by atoms with E-state index in [2.05, 4.69) is 10.1 Å². The molecule has 1 saturated carbocycles. The molecule has 6 heteroatoms. The number of rotatable bonds is 5. The molecule has 0 radical (unpaired) electrons. The summed E-state index contributed by atoms with van der Waals surface area (Å²) in [6, 6.07) is -0.0165. The summed E-state index contributed by atoms with van der Waals surface area (Å²) in [6.45, 7) is 2.36. The first-order chi connectivity index (χ1) is 12.3. The maximum absolute atomic E-state index is 12.7. The molecule has 3 aliphatic rings. The molecule has 1 unspecified atom stereocenters. The number of carbonyl (C=O) groups excluding carboxylic acids is 1. The number of nitrogens with zero attached hydrogens (tertiary/aromatic N) is 3. The molecule has 0 aromatic carbocycles. The van der Waals surface area contributed by atoms with Crippen molar-refractivity contribution >= 4 is 5.91 Å². The summed E-state index contributed by atoms with van der Waals surface area (Å²) in [5.74, 6) is 2.78. The topological polar surface area (TPSA) is 68.5 Å². The fraction of sp³-hybridized carbons (Fsp3) is 0.842. The predicted molar refractivity (Wildman–Crippen MR) is 92.0 cm³/mol. The number of likely N-dealkylation sites (tertiary alicyclic amines) is 1.